The number of aliphatic hydroxyl groups is 2. The lowest BCUT2D eigenvalue weighted by Crippen LogP contribution is -2.50. The Morgan fingerprint density at radius 1 is 1.30 bits per heavy atom. The van der Waals surface area contributed by atoms with E-state index in [0.29, 0.717) is 24.5 Å². The van der Waals surface area contributed by atoms with Crippen molar-refractivity contribution in [3.8, 4) is 0 Å². The minimum atomic E-state index is -1.18. The summed E-state index contributed by atoms with van der Waals surface area (Å²) in [7, 11) is 1.98. The van der Waals surface area contributed by atoms with Crippen molar-refractivity contribution < 1.29 is 19.0 Å². The molecule has 0 bridgehead atoms. The van der Waals surface area contributed by atoms with Crippen LogP contribution in [-0.4, -0.2) is 35.3 Å². The summed E-state index contributed by atoms with van der Waals surface area (Å²) < 4.78 is 10.7. The molecular formula is C15H19NO4. The van der Waals surface area contributed by atoms with Gasteiger partial charge in [-0.25, -0.2) is 0 Å². The molecule has 1 saturated heterocycles. The first-order valence-corrected chi connectivity index (χ1v) is 6.77. The van der Waals surface area contributed by atoms with Gasteiger partial charge in [-0.1, -0.05) is 0 Å². The molecular weight excluding hydrogens is 258 g/mol. The van der Waals surface area contributed by atoms with Gasteiger partial charge >= 0.3 is 0 Å². The highest BCUT2D eigenvalue weighted by atomic mass is 16.4. The highest BCUT2D eigenvalue weighted by Gasteiger charge is 2.48. The number of likely N-dealkylation sites (tertiary alicyclic amines) is 1. The van der Waals surface area contributed by atoms with Crippen LogP contribution in [0.4, 0.5) is 0 Å². The standard InChI is InChI=1S/C15H19NO4/c1-16-7-6-15(18,13-5-3-9-20-13)11(10-16)14(17)12-4-2-8-19-12/h2-5,8-9,11,14,17-18H,6-7,10H2,1H3/t11-,14-,15-/m1/s1. The van der Waals surface area contributed by atoms with E-state index in [0.717, 1.165) is 6.54 Å². The lowest BCUT2D eigenvalue weighted by molar-refractivity contribution is -0.133. The number of hydrogen-bond acceptors (Lipinski definition) is 5. The summed E-state index contributed by atoms with van der Waals surface area (Å²) in [5, 5.41) is 21.6. The van der Waals surface area contributed by atoms with Crippen LogP contribution in [0.25, 0.3) is 0 Å². The minimum absolute atomic E-state index is 0.404. The van der Waals surface area contributed by atoms with E-state index in [1.807, 2.05) is 7.05 Å². The Morgan fingerprint density at radius 2 is 2.05 bits per heavy atom. The molecule has 2 aromatic heterocycles. The third kappa shape index (κ3) is 2.18. The second-order valence-corrected chi connectivity index (χ2v) is 5.48. The van der Waals surface area contributed by atoms with Crippen LogP contribution in [0.5, 0.6) is 0 Å². The number of aliphatic hydroxyl groups excluding tert-OH is 1. The topological polar surface area (TPSA) is 70.0 Å². The quantitative estimate of drug-likeness (QED) is 0.894. The van der Waals surface area contributed by atoms with Crippen LogP contribution in [0.15, 0.2) is 45.6 Å². The smallest absolute Gasteiger partial charge is 0.135 e. The molecule has 1 fully saturated rings. The Bertz CT molecular complexity index is 536. The molecule has 0 amide bonds. The van der Waals surface area contributed by atoms with E-state index < -0.39 is 17.6 Å². The number of furan rings is 2. The molecule has 1 aliphatic heterocycles. The molecule has 3 atom stereocenters. The zero-order valence-corrected chi connectivity index (χ0v) is 11.4. The number of nitrogens with zero attached hydrogens (tertiary/aromatic N) is 1. The summed E-state index contributed by atoms with van der Waals surface area (Å²) in [6.07, 6.45) is 2.71. The third-order valence-corrected chi connectivity index (χ3v) is 4.16. The normalized spacial score (nSPS) is 29.4. The molecule has 0 aromatic carbocycles. The van der Waals surface area contributed by atoms with Gasteiger partial charge in [-0.05, 0) is 37.7 Å². The van der Waals surface area contributed by atoms with Crippen LogP contribution in [-0.2, 0) is 5.60 Å². The molecule has 2 N–H and O–H groups in total. The predicted molar refractivity (Wildman–Crippen MR) is 71.9 cm³/mol. The number of rotatable bonds is 3. The molecule has 5 heteroatoms. The van der Waals surface area contributed by atoms with Crippen LogP contribution in [0, 0.1) is 5.92 Å². The van der Waals surface area contributed by atoms with Crippen molar-refractivity contribution in [2.24, 2.45) is 5.92 Å². The van der Waals surface area contributed by atoms with Crippen LogP contribution in [0.2, 0.25) is 0 Å². The van der Waals surface area contributed by atoms with Crippen molar-refractivity contribution >= 4 is 0 Å². The van der Waals surface area contributed by atoms with Crippen molar-refractivity contribution in [2.45, 2.75) is 18.1 Å². The van der Waals surface area contributed by atoms with Gasteiger partial charge in [-0.2, -0.15) is 0 Å². The summed E-state index contributed by atoms with van der Waals surface area (Å²) in [6.45, 7) is 1.32. The highest BCUT2D eigenvalue weighted by molar-refractivity contribution is 5.17. The van der Waals surface area contributed by atoms with Crippen molar-refractivity contribution in [1.82, 2.24) is 4.90 Å². The van der Waals surface area contributed by atoms with Gasteiger partial charge < -0.3 is 23.9 Å². The molecule has 0 radical (unpaired) electrons. The fraction of sp³-hybridized carbons (Fsp3) is 0.467. The van der Waals surface area contributed by atoms with Crippen LogP contribution in [0.3, 0.4) is 0 Å². The van der Waals surface area contributed by atoms with Crippen molar-refractivity contribution in [3.63, 3.8) is 0 Å². The number of piperidine rings is 1. The Hall–Kier alpha value is -1.56. The van der Waals surface area contributed by atoms with Gasteiger partial charge in [0.05, 0.1) is 12.5 Å². The molecule has 0 spiro atoms. The van der Waals surface area contributed by atoms with Crippen molar-refractivity contribution in [1.29, 1.82) is 0 Å². The first-order chi connectivity index (χ1) is 9.61. The van der Waals surface area contributed by atoms with Gasteiger partial charge in [0, 0.05) is 19.0 Å². The second-order valence-electron chi connectivity index (χ2n) is 5.48. The first kappa shape index (κ1) is 13.4. The molecule has 5 nitrogen and oxygen atoms in total. The Morgan fingerprint density at radius 3 is 2.70 bits per heavy atom. The van der Waals surface area contributed by atoms with Crippen molar-refractivity contribution in [2.75, 3.05) is 20.1 Å². The van der Waals surface area contributed by atoms with E-state index >= 15 is 0 Å². The van der Waals surface area contributed by atoms with E-state index in [-0.39, 0.29) is 0 Å². The summed E-state index contributed by atoms with van der Waals surface area (Å²) >= 11 is 0. The summed E-state index contributed by atoms with van der Waals surface area (Å²) in [6, 6.07) is 6.97. The Kier molecular flexibility index (Phi) is 3.41. The van der Waals surface area contributed by atoms with E-state index in [1.54, 1.807) is 30.5 Å². The molecule has 0 saturated carbocycles. The van der Waals surface area contributed by atoms with E-state index in [1.165, 1.54) is 6.26 Å². The zero-order valence-electron chi connectivity index (χ0n) is 11.4. The lowest BCUT2D eigenvalue weighted by atomic mass is 9.75. The molecule has 20 heavy (non-hydrogen) atoms. The number of hydrogen-bond donors (Lipinski definition) is 2. The maximum Gasteiger partial charge on any atom is 0.135 e. The van der Waals surface area contributed by atoms with Gasteiger partial charge in [0.25, 0.3) is 0 Å². The maximum absolute atomic E-state index is 11.1. The van der Waals surface area contributed by atoms with Crippen LogP contribution < -0.4 is 0 Å². The van der Waals surface area contributed by atoms with E-state index in [9.17, 15) is 10.2 Å². The van der Waals surface area contributed by atoms with E-state index in [4.69, 9.17) is 8.83 Å². The Balaban J connectivity index is 1.95. The molecule has 1 aliphatic rings. The second kappa shape index (κ2) is 5.09. The van der Waals surface area contributed by atoms with Crippen LogP contribution in [0.1, 0.15) is 24.0 Å². The molecule has 0 aliphatic carbocycles. The fourth-order valence-corrected chi connectivity index (χ4v) is 2.97. The summed E-state index contributed by atoms with van der Waals surface area (Å²) in [5.41, 5.74) is -1.18. The molecule has 3 heterocycles. The van der Waals surface area contributed by atoms with Crippen molar-refractivity contribution in [3.05, 3.63) is 48.3 Å². The monoisotopic (exact) mass is 277 g/mol. The Labute approximate surface area is 117 Å². The van der Waals surface area contributed by atoms with Gasteiger partial charge in [-0.15, -0.1) is 0 Å². The van der Waals surface area contributed by atoms with E-state index in [2.05, 4.69) is 4.90 Å². The predicted octanol–water partition coefficient (Wildman–Crippen LogP) is 1.75. The highest BCUT2D eigenvalue weighted by Crippen LogP contribution is 2.43. The lowest BCUT2D eigenvalue weighted by Gasteiger charge is -2.43. The van der Waals surface area contributed by atoms with Crippen LogP contribution >= 0.6 is 0 Å². The average Bonchev–Trinajstić information content (AvgIpc) is 3.13. The largest absolute Gasteiger partial charge is 0.467 e. The zero-order chi connectivity index (χ0) is 14.2. The molecule has 108 valence electrons. The first-order valence-electron chi connectivity index (χ1n) is 6.77. The summed E-state index contributed by atoms with van der Waals surface area (Å²) in [4.78, 5) is 2.09. The minimum Gasteiger partial charge on any atom is -0.467 e. The van der Waals surface area contributed by atoms with Gasteiger partial charge in [0.2, 0.25) is 0 Å². The molecule has 0 unspecified atom stereocenters. The SMILES string of the molecule is CN1CC[C@](O)(c2ccco2)[C@@H]([C@@H](O)c2ccco2)C1. The summed E-state index contributed by atoms with van der Waals surface area (Å²) in [5.74, 6) is 0.565. The van der Waals surface area contributed by atoms with Gasteiger partial charge in [-0.3, -0.25) is 0 Å². The fourth-order valence-electron chi connectivity index (χ4n) is 2.97. The maximum atomic E-state index is 11.1. The van der Waals surface area contributed by atoms with Gasteiger partial charge in [0.1, 0.15) is 23.2 Å². The average molecular weight is 277 g/mol. The molecule has 3 rings (SSSR count). The van der Waals surface area contributed by atoms with Gasteiger partial charge in [0.15, 0.2) is 0 Å². The third-order valence-electron chi connectivity index (χ3n) is 4.16. The molecule has 2 aromatic rings.